The Labute approximate surface area is 254 Å². The number of rotatable bonds is 9. The number of methoxy groups -OCH3 is 1. The molecule has 3 aliphatic rings. The van der Waals surface area contributed by atoms with Crippen molar-refractivity contribution in [2.75, 3.05) is 53.4 Å². The van der Waals surface area contributed by atoms with Crippen LogP contribution in [0.1, 0.15) is 23.3 Å². The molecule has 0 aliphatic heterocycles. The first-order valence-corrected chi connectivity index (χ1v) is 14.2. The van der Waals surface area contributed by atoms with E-state index < -0.39 is 58.0 Å². The zero-order chi connectivity index (χ0) is 32.2. The maximum Gasteiger partial charge on any atom is 0.255 e. The van der Waals surface area contributed by atoms with E-state index in [0.717, 1.165) is 0 Å². The predicted molar refractivity (Wildman–Crippen MR) is 160 cm³/mol. The van der Waals surface area contributed by atoms with Crippen LogP contribution in [-0.4, -0.2) is 103 Å². The second-order valence-electron chi connectivity index (χ2n) is 11.9. The number of phenols is 1. The van der Waals surface area contributed by atoms with Gasteiger partial charge in [-0.1, -0.05) is 0 Å². The minimum atomic E-state index is -2.70. The number of carbonyl (C=O) groups excluding carboxylic acids is 3. The summed E-state index contributed by atoms with van der Waals surface area (Å²) in [6, 6.07) is 4.05. The van der Waals surface area contributed by atoms with E-state index in [0.29, 0.717) is 42.5 Å². The van der Waals surface area contributed by atoms with Crippen molar-refractivity contribution in [2.45, 2.75) is 31.0 Å². The van der Waals surface area contributed by atoms with Crippen molar-refractivity contribution in [3.8, 4) is 17.1 Å². The molecule has 1 fully saturated rings. The number of primary amides is 1. The molecule has 1 aromatic carbocycles. The third-order valence-electron chi connectivity index (χ3n) is 8.89. The number of hydrogen-bond donors (Lipinski definition) is 6. The molecule has 236 valence electrons. The van der Waals surface area contributed by atoms with E-state index in [2.05, 4.69) is 5.32 Å². The summed E-state index contributed by atoms with van der Waals surface area (Å²) in [5.74, 6) is -6.02. The van der Waals surface area contributed by atoms with Crippen molar-refractivity contribution in [1.82, 2.24) is 10.2 Å². The molecule has 1 heterocycles. The van der Waals surface area contributed by atoms with Gasteiger partial charge in [0.1, 0.15) is 34.4 Å². The van der Waals surface area contributed by atoms with Crippen LogP contribution in [0.5, 0.6) is 5.75 Å². The number of furan rings is 1. The molecule has 4 atom stereocenters. The Bertz CT molecular complexity index is 1600. The summed E-state index contributed by atoms with van der Waals surface area (Å²) in [4.78, 5) is 42.9. The highest BCUT2D eigenvalue weighted by atomic mass is 16.5. The summed E-state index contributed by atoms with van der Waals surface area (Å²) in [7, 11) is 8.34. The summed E-state index contributed by atoms with van der Waals surface area (Å²) in [6.45, 7) is 1.56. The molecule has 13 heteroatoms. The highest BCUT2D eigenvalue weighted by molar-refractivity contribution is 6.24. The minimum absolute atomic E-state index is 0.00124. The Morgan fingerprint density at radius 1 is 1.18 bits per heavy atom. The number of ketones is 2. The Balaban J connectivity index is 1.66. The smallest absolute Gasteiger partial charge is 0.255 e. The van der Waals surface area contributed by atoms with Gasteiger partial charge in [0.2, 0.25) is 5.78 Å². The zero-order valence-electron chi connectivity index (χ0n) is 25.3. The number of phenolic OH excluding ortho intramolecular Hbond substituents is 1. The average Bonchev–Trinajstić information content (AvgIpc) is 3.41. The summed E-state index contributed by atoms with van der Waals surface area (Å²) in [6.07, 6.45) is 0.196. The highest BCUT2D eigenvalue weighted by Gasteiger charge is 2.64. The normalized spacial score (nSPS) is 24.8. The topological polar surface area (TPSA) is 199 Å². The van der Waals surface area contributed by atoms with Crippen LogP contribution in [0.15, 0.2) is 39.5 Å². The van der Waals surface area contributed by atoms with Crippen molar-refractivity contribution in [1.29, 1.82) is 0 Å². The van der Waals surface area contributed by atoms with Crippen molar-refractivity contribution in [3.63, 3.8) is 0 Å². The molecule has 0 unspecified atom stereocenters. The van der Waals surface area contributed by atoms with Gasteiger partial charge in [0.05, 0.1) is 30.3 Å². The lowest BCUT2D eigenvalue weighted by Crippen LogP contribution is -2.65. The SMILES string of the molecule is COCCNCc1ccc(-c2cc(N(C)C)c3c(c2O)C(O)=C2C(=O)[C@]4(O)C(O)=C(C(N)=O)C(=O)[C@@H](N(C)C)[C@@H]4C[C@@H]2C3)o1. The van der Waals surface area contributed by atoms with Crippen molar-refractivity contribution < 1.29 is 44.0 Å². The van der Waals surface area contributed by atoms with Gasteiger partial charge >= 0.3 is 0 Å². The molecule has 0 bridgehead atoms. The lowest BCUT2D eigenvalue weighted by molar-refractivity contribution is -0.153. The molecule has 1 saturated carbocycles. The van der Waals surface area contributed by atoms with E-state index in [-0.39, 0.29) is 35.3 Å². The number of aliphatic hydroxyl groups excluding tert-OH is 2. The van der Waals surface area contributed by atoms with Crippen LogP contribution in [-0.2, 0) is 32.1 Å². The molecule has 13 nitrogen and oxygen atoms in total. The lowest BCUT2D eigenvalue weighted by Gasteiger charge is -2.50. The molecule has 2 aromatic rings. The third kappa shape index (κ3) is 4.67. The van der Waals surface area contributed by atoms with Crippen LogP contribution in [0.3, 0.4) is 0 Å². The number of anilines is 1. The van der Waals surface area contributed by atoms with Crippen LogP contribution >= 0.6 is 0 Å². The predicted octanol–water partition coefficient (Wildman–Crippen LogP) is 1.03. The van der Waals surface area contributed by atoms with Crippen LogP contribution < -0.4 is 16.0 Å². The zero-order valence-corrected chi connectivity index (χ0v) is 25.3. The summed E-state index contributed by atoms with van der Waals surface area (Å²) in [5, 5.41) is 49.3. The number of nitrogens with two attached hydrogens (primary N) is 1. The van der Waals surface area contributed by atoms with Gasteiger partial charge in [0.25, 0.3) is 5.91 Å². The first kappa shape index (κ1) is 31.3. The van der Waals surface area contributed by atoms with Gasteiger partial charge in [-0.3, -0.25) is 19.3 Å². The fourth-order valence-corrected chi connectivity index (χ4v) is 6.88. The van der Waals surface area contributed by atoms with E-state index in [9.17, 15) is 34.8 Å². The number of amides is 1. The van der Waals surface area contributed by atoms with E-state index in [4.69, 9.17) is 14.9 Å². The number of Topliss-reactive ketones (excluding diaryl/α,β-unsaturated/α-hetero) is 2. The Morgan fingerprint density at radius 3 is 2.50 bits per heavy atom. The summed E-state index contributed by atoms with van der Waals surface area (Å²) in [5.41, 5.74) is 3.14. The molecule has 44 heavy (non-hydrogen) atoms. The van der Waals surface area contributed by atoms with Gasteiger partial charge < -0.3 is 45.5 Å². The first-order chi connectivity index (χ1) is 20.7. The Morgan fingerprint density at radius 2 is 1.89 bits per heavy atom. The molecule has 0 spiro atoms. The maximum atomic E-state index is 14.2. The van der Waals surface area contributed by atoms with Crippen LogP contribution in [0, 0.1) is 11.8 Å². The van der Waals surface area contributed by atoms with E-state index in [1.54, 1.807) is 53.5 Å². The minimum Gasteiger partial charge on any atom is -0.508 e. The van der Waals surface area contributed by atoms with Gasteiger partial charge in [0.15, 0.2) is 11.4 Å². The van der Waals surface area contributed by atoms with E-state index >= 15 is 0 Å². The molecular weight excluding hydrogens is 572 g/mol. The third-order valence-corrected chi connectivity index (χ3v) is 8.89. The van der Waals surface area contributed by atoms with Crippen LogP contribution in [0.2, 0.25) is 0 Å². The molecule has 3 aliphatic carbocycles. The molecular formula is C31H38N4O9. The summed E-state index contributed by atoms with van der Waals surface area (Å²) >= 11 is 0. The van der Waals surface area contributed by atoms with Crippen LogP contribution in [0.4, 0.5) is 5.69 Å². The number of nitrogens with zero attached hydrogens (tertiary/aromatic N) is 2. The fourth-order valence-electron chi connectivity index (χ4n) is 6.88. The van der Waals surface area contributed by atoms with Gasteiger partial charge in [-0.25, -0.2) is 0 Å². The number of aromatic hydroxyl groups is 1. The number of ether oxygens (including phenoxy) is 1. The lowest BCUT2D eigenvalue weighted by atomic mass is 9.57. The van der Waals surface area contributed by atoms with Crippen molar-refractivity contribution in [3.05, 3.63) is 52.0 Å². The number of aliphatic hydroxyl groups is 3. The molecule has 0 saturated heterocycles. The van der Waals surface area contributed by atoms with Crippen molar-refractivity contribution >= 4 is 28.9 Å². The Hall–Kier alpha value is -4.17. The molecule has 1 aromatic heterocycles. The number of benzene rings is 1. The summed E-state index contributed by atoms with van der Waals surface area (Å²) < 4.78 is 11.0. The standard InChI is InChI=1S/C31H38N4O9/c1-34(2)19-12-17(20-7-6-15(44-20)13-33-8-9-43-5)25(36)22-16(19)10-14-11-18-24(35(3)4)27(38)23(30(32)41)29(40)31(18,42)28(39)21(14)26(22)37/h6-7,12,14,18,24,33,36-37,40,42H,8-11,13H2,1-5H3,(H2,32,41)/t14-,18-,24-,31-/m0/s1. The van der Waals surface area contributed by atoms with Gasteiger partial charge in [-0.2, -0.15) is 0 Å². The second-order valence-corrected chi connectivity index (χ2v) is 11.9. The van der Waals surface area contributed by atoms with Crippen LogP contribution in [0.25, 0.3) is 17.1 Å². The first-order valence-electron chi connectivity index (χ1n) is 14.2. The Kier molecular flexibility index (Phi) is 8.10. The molecule has 1 amide bonds. The highest BCUT2D eigenvalue weighted by Crippen LogP contribution is 2.55. The van der Waals surface area contributed by atoms with E-state index in [1.807, 2.05) is 4.90 Å². The molecule has 5 rings (SSSR count). The second kappa shape index (κ2) is 11.4. The molecule has 0 radical (unpaired) electrons. The molecule has 7 N–H and O–H groups in total. The number of fused-ring (bicyclic) bond motifs is 3. The maximum absolute atomic E-state index is 14.2. The monoisotopic (exact) mass is 610 g/mol. The quantitative estimate of drug-likeness (QED) is 0.174. The number of likely N-dealkylation sites (N-methyl/N-ethyl adjacent to an activating group) is 1. The number of hydrogen-bond acceptors (Lipinski definition) is 12. The largest absolute Gasteiger partial charge is 0.508 e. The number of nitrogens with one attached hydrogen (secondary N) is 1. The van der Waals surface area contributed by atoms with Gasteiger partial charge in [-0.15, -0.1) is 0 Å². The van der Waals surface area contributed by atoms with Gasteiger partial charge in [-0.05, 0) is 56.6 Å². The average molecular weight is 611 g/mol. The van der Waals surface area contributed by atoms with Crippen molar-refractivity contribution in [2.24, 2.45) is 17.6 Å². The number of carbonyl (C=O) groups is 3. The van der Waals surface area contributed by atoms with Gasteiger partial charge in [0, 0.05) is 44.9 Å². The van der Waals surface area contributed by atoms with E-state index in [1.165, 1.54) is 4.90 Å². The fraction of sp³-hybridized carbons (Fsp3) is 0.452.